The first-order chi connectivity index (χ1) is 10.4. The molecule has 0 spiro atoms. The van der Waals surface area contributed by atoms with E-state index < -0.39 is 0 Å². The maximum atomic E-state index is 5.65. The largest absolute Gasteiger partial charge is 0.451 e. The average molecular weight is 278 g/mol. The van der Waals surface area contributed by atoms with E-state index in [0.29, 0.717) is 11.6 Å². The molecule has 1 N–H and O–H groups in total. The van der Waals surface area contributed by atoms with Gasteiger partial charge in [-0.2, -0.15) is 5.48 Å². The second kappa shape index (κ2) is 3.79. The van der Waals surface area contributed by atoms with Crippen LogP contribution < -0.4 is 10.3 Å². The minimum absolute atomic E-state index is 0.203. The highest BCUT2D eigenvalue weighted by atomic mass is 16.7. The second-order valence-electron chi connectivity index (χ2n) is 4.96. The lowest BCUT2D eigenvalue weighted by molar-refractivity contribution is 0.0580. The fraction of sp³-hybridized carbons (Fsp3) is 0.0625. The van der Waals surface area contributed by atoms with Crippen LogP contribution in [-0.4, -0.2) is 11.8 Å². The molecule has 2 aliphatic rings. The van der Waals surface area contributed by atoms with Gasteiger partial charge in [-0.25, -0.2) is 4.98 Å². The zero-order valence-electron chi connectivity index (χ0n) is 10.9. The zero-order chi connectivity index (χ0) is 13.8. The number of hydroxylamine groups is 1. The van der Waals surface area contributed by atoms with Gasteiger partial charge in [0, 0.05) is 10.8 Å². The van der Waals surface area contributed by atoms with E-state index in [9.17, 15) is 0 Å². The molecule has 0 aliphatic carbocycles. The third-order valence-electron chi connectivity index (χ3n) is 3.75. The molecule has 5 rings (SSSR count). The molecule has 0 saturated heterocycles. The molecular formula is C16H10N2O3. The fourth-order valence-corrected chi connectivity index (χ4v) is 2.76. The smallest absolute Gasteiger partial charge is 0.268 e. The highest BCUT2D eigenvalue weighted by Crippen LogP contribution is 2.40. The molecule has 3 aromatic rings. The molecule has 0 atom stereocenters. The number of hydrogen-bond acceptors (Lipinski definition) is 5. The summed E-state index contributed by atoms with van der Waals surface area (Å²) in [6.07, 6.45) is 0. The number of rotatable bonds is 0. The highest BCUT2D eigenvalue weighted by Gasteiger charge is 2.29. The van der Waals surface area contributed by atoms with Gasteiger partial charge in [0.1, 0.15) is 0 Å². The monoisotopic (exact) mass is 278 g/mol. The molecule has 0 saturated carbocycles. The summed E-state index contributed by atoms with van der Waals surface area (Å²) in [6.45, 7) is 0.203. The predicted octanol–water partition coefficient (Wildman–Crippen LogP) is 2.92. The Hall–Kier alpha value is -2.95. The van der Waals surface area contributed by atoms with Gasteiger partial charge in [-0.1, -0.05) is 18.2 Å². The molecule has 21 heavy (non-hydrogen) atoms. The zero-order valence-corrected chi connectivity index (χ0v) is 10.9. The van der Waals surface area contributed by atoms with Crippen molar-refractivity contribution in [2.24, 2.45) is 0 Å². The summed E-state index contributed by atoms with van der Waals surface area (Å²) in [6, 6.07) is 14.0. The number of hydrogen-bond donors (Lipinski definition) is 1. The first-order valence-electron chi connectivity index (χ1n) is 6.66. The predicted molar refractivity (Wildman–Crippen MR) is 77.0 cm³/mol. The number of benzene rings is 2. The molecule has 5 nitrogen and oxygen atoms in total. The van der Waals surface area contributed by atoms with Gasteiger partial charge < -0.3 is 14.3 Å². The molecule has 2 aliphatic heterocycles. The minimum Gasteiger partial charge on any atom is -0.451 e. The van der Waals surface area contributed by atoms with Crippen LogP contribution in [0.5, 0.6) is 5.75 Å². The molecular weight excluding hydrogens is 268 g/mol. The van der Waals surface area contributed by atoms with Crippen LogP contribution in [0.2, 0.25) is 0 Å². The van der Waals surface area contributed by atoms with Gasteiger partial charge in [-0.15, -0.1) is 0 Å². The van der Waals surface area contributed by atoms with Gasteiger partial charge in [0.05, 0.1) is 16.6 Å². The Morgan fingerprint density at radius 2 is 1.95 bits per heavy atom. The van der Waals surface area contributed by atoms with Gasteiger partial charge in [0.15, 0.2) is 11.5 Å². The molecule has 0 fully saturated rings. The van der Waals surface area contributed by atoms with Crippen molar-refractivity contribution in [2.75, 3.05) is 6.79 Å². The van der Waals surface area contributed by atoms with Crippen molar-refractivity contribution in [3.05, 3.63) is 53.9 Å². The molecule has 0 bridgehead atoms. The Kier molecular flexibility index (Phi) is 1.95. The SMILES string of the molecule is c1ccc2nc3ccc4c(c3cc2c1)ONC1=C4OCO1. The third-order valence-corrected chi connectivity index (χ3v) is 3.75. The van der Waals surface area contributed by atoms with Gasteiger partial charge in [0.2, 0.25) is 6.79 Å². The molecule has 3 heterocycles. The molecule has 0 unspecified atom stereocenters. The summed E-state index contributed by atoms with van der Waals surface area (Å²) in [4.78, 5) is 10.3. The Morgan fingerprint density at radius 3 is 2.95 bits per heavy atom. The van der Waals surface area contributed by atoms with Crippen molar-refractivity contribution in [1.82, 2.24) is 10.5 Å². The van der Waals surface area contributed by atoms with Gasteiger partial charge in [-0.3, -0.25) is 0 Å². The van der Waals surface area contributed by atoms with E-state index in [4.69, 9.17) is 14.3 Å². The normalized spacial score (nSPS) is 15.8. The van der Waals surface area contributed by atoms with E-state index >= 15 is 0 Å². The molecule has 2 aromatic carbocycles. The summed E-state index contributed by atoms with van der Waals surface area (Å²) in [5.74, 6) is 1.93. The maximum absolute atomic E-state index is 5.65. The number of fused-ring (bicyclic) bond motifs is 5. The van der Waals surface area contributed by atoms with Crippen LogP contribution in [0.15, 0.2) is 48.3 Å². The van der Waals surface area contributed by atoms with Crippen LogP contribution >= 0.6 is 0 Å². The number of nitrogens with zero attached hydrogens (tertiary/aromatic N) is 1. The van der Waals surface area contributed by atoms with E-state index in [2.05, 4.69) is 16.5 Å². The number of nitrogens with one attached hydrogen (secondary N) is 1. The minimum atomic E-state index is 0.203. The lowest BCUT2D eigenvalue weighted by atomic mass is 10.0. The summed E-state index contributed by atoms with van der Waals surface area (Å²) >= 11 is 0. The van der Waals surface area contributed by atoms with Crippen LogP contribution in [0.1, 0.15) is 5.56 Å². The van der Waals surface area contributed by atoms with E-state index in [1.165, 1.54) is 0 Å². The maximum Gasteiger partial charge on any atom is 0.268 e. The van der Waals surface area contributed by atoms with Gasteiger partial charge in [0.25, 0.3) is 5.88 Å². The van der Waals surface area contributed by atoms with Crippen molar-refractivity contribution in [2.45, 2.75) is 0 Å². The average Bonchev–Trinajstić information content (AvgIpc) is 3.01. The van der Waals surface area contributed by atoms with E-state index in [-0.39, 0.29) is 6.79 Å². The Balaban J connectivity index is 1.86. The summed E-state index contributed by atoms with van der Waals surface area (Å²) < 4.78 is 10.8. The van der Waals surface area contributed by atoms with E-state index in [1.807, 2.05) is 36.4 Å². The van der Waals surface area contributed by atoms with Crippen molar-refractivity contribution in [1.29, 1.82) is 0 Å². The lowest BCUT2D eigenvalue weighted by Crippen LogP contribution is -2.23. The second-order valence-corrected chi connectivity index (χ2v) is 4.96. The number of ether oxygens (including phenoxy) is 2. The lowest BCUT2D eigenvalue weighted by Gasteiger charge is -2.18. The Labute approximate surface area is 119 Å². The van der Waals surface area contributed by atoms with Crippen LogP contribution in [0, 0.1) is 0 Å². The molecule has 0 radical (unpaired) electrons. The summed E-state index contributed by atoms with van der Waals surface area (Å²) in [5, 5.41) is 2.02. The van der Waals surface area contributed by atoms with Crippen molar-refractivity contribution < 1.29 is 14.3 Å². The van der Waals surface area contributed by atoms with Crippen molar-refractivity contribution >= 4 is 27.6 Å². The van der Waals surface area contributed by atoms with Gasteiger partial charge >= 0.3 is 0 Å². The quantitative estimate of drug-likeness (QED) is 0.641. The topological polar surface area (TPSA) is 52.6 Å². The Bertz CT molecular complexity index is 933. The molecule has 5 heteroatoms. The van der Waals surface area contributed by atoms with Crippen molar-refractivity contribution in [3.63, 3.8) is 0 Å². The molecule has 102 valence electrons. The van der Waals surface area contributed by atoms with Crippen LogP contribution in [0.4, 0.5) is 0 Å². The van der Waals surface area contributed by atoms with Crippen LogP contribution in [0.25, 0.3) is 27.6 Å². The van der Waals surface area contributed by atoms with E-state index in [1.54, 1.807) is 0 Å². The van der Waals surface area contributed by atoms with Crippen molar-refractivity contribution in [3.8, 4) is 5.75 Å². The van der Waals surface area contributed by atoms with Gasteiger partial charge in [-0.05, 0) is 24.3 Å². The third kappa shape index (κ3) is 1.43. The number of aromatic nitrogens is 1. The number of para-hydroxylation sites is 1. The first-order valence-corrected chi connectivity index (χ1v) is 6.66. The molecule has 0 amide bonds. The summed E-state index contributed by atoms with van der Waals surface area (Å²) in [5.41, 5.74) is 5.52. The highest BCUT2D eigenvalue weighted by molar-refractivity contribution is 5.98. The van der Waals surface area contributed by atoms with Crippen LogP contribution in [-0.2, 0) is 9.47 Å². The van der Waals surface area contributed by atoms with E-state index in [0.717, 1.165) is 33.1 Å². The fourth-order valence-electron chi connectivity index (χ4n) is 2.76. The number of pyridine rings is 1. The summed E-state index contributed by atoms with van der Waals surface area (Å²) in [7, 11) is 0. The molecule has 1 aromatic heterocycles. The van der Waals surface area contributed by atoms with Crippen LogP contribution in [0.3, 0.4) is 0 Å². The standard InChI is InChI=1S/C16H10N2O3/c1-2-4-12-9(3-1)7-11-13(17-12)6-5-10-14(11)21-18-16-15(10)19-8-20-16/h1-7,18H,8H2. The first kappa shape index (κ1) is 10.8. The Morgan fingerprint density at radius 1 is 1.00 bits per heavy atom.